The van der Waals surface area contributed by atoms with Gasteiger partial charge in [0.2, 0.25) is 11.8 Å². The van der Waals surface area contributed by atoms with Crippen molar-refractivity contribution in [1.29, 1.82) is 0 Å². The molecule has 0 unspecified atom stereocenters. The van der Waals surface area contributed by atoms with Gasteiger partial charge in [0.15, 0.2) is 11.6 Å². The number of pyridine rings is 1. The second-order valence-electron chi connectivity index (χ2n) is 6.18. The lowest BCUT2D eigenvalue weighted by atomic mass is 10.2. The van der Waals surface area contributed by atoms with Crippen LogP contribution in [0.15, 0.2) is 24.7 Å². The number of aromatic nitrogens is 3. The van der Waals surface area contributed by atoms with Gasteiger partial charge in [-0.2, -0.15) is 0 Å². The zero-order chi connectivity index (χ0) is 18.1. The summed E-state index contributed by atoms with van der Waals surface area (Å²) in [7, 11) is 1.72. The van der Waals surface area contributed by atoms with Crippen molar-refractivity contribution in [2.24, 2.45) is 0 Å². The molecule has 3 rings (SSSR count). The molecule has 0 fully saturated rings. The topological polar surface area (TPSA) is 91.3 Å². The summed E-state index contributed by atoms with van der Waals surface area (Å²) in [5.41, 5.74) is 1.89. The molecule has 1 N–H and O–H groups in total. The number of hydrogen-bond acceptors (Lipinski definition) is 6. The van der Waals surface area contributed by atoms with Crippen molar-refractivity contribution in [3.63, 3.8) is 0 Å². The predicted molar refractivity (Wildman–Crippen MR) is 95.5 cm³/mol. The molecule has 130 valence electrons. The van der Waals surface area contributed by atoms with Crippen LogP contribution in [0.25, 0.3) is 11.4 Å². The molecule has 0 bridgehead atoms. The Kier molecular flexibility index (Phi) is 4.35. The second-order valence-corrected chi connectivity index (χ2v) is 6.18. The van der Waals surface area contributed by atoms with Gasteiger partial charge >= 0.3 is 0 Å². The van der Waals surface area contributed by atoms with Crippen molar-refractivity contribution in [3.8, 4) is 11.4 Å². The lowest BCUT2D eigenvalue weighted by molar-refractivity contribution is -0.117. The fraction of sp³-hybridized carbons (Fsp3) is 0.353. The summed E-state index contributed by atoms with van der Waals surface area (Å²) in [4.78, 5) is 40.2. The number of amides is 2. The summed E-state index contributed by atoms with van der Waals surface area (Å²) in [5, 5.41) is 2.74. The SMILES string of the molecule is CC(=O)Nc1cnccc1-c1ncc2c(n1)N(C(C)C)CC(=O)N2C. The van der Waals surface area contributed by atoms with Crippen molar-refractivity contribution >= 4 is 29.0 Å². The van der Waals surface area contributed by atoms with Crippen molar-refractivity contribution < 1.29 is 9.59 Å². The van der Waals surface area contributed by atoms with Gasteiger partial charge in [0.05, 0.1) is 24.6 Å². The Morgan fingerprint density at radius 1 is 1.32 bits per heavy atom. The van der Waals surface area contributed by atoms with Gasteiger partial charge < -0.3 is 15.1 Å². The van der Waals surface area contributed by atoms with E-state index in [0.717, 1.165) is 0 Å². The molecule has 2 aromatic heterocycles. The highest BCUT2D eigenvalue weighted by Crippen LogP contribution is 2.34. The first-order valence-corrected chi connectivity index (χ1v) is 8.00. The summed E-state index contributed by atoms with van der Waals surface area (Å²) >= 11 is 0. The second kappa shape index (κ2) is 6.46. The molecule has 1 aliphatic heterocycles. The normalized spacial score (nSPS) is 13.9. The predicted octanol–water partition coefficient (Wildman–Crippen LogP) is 1.69. The third-order valence-corrected chi connectivity index (χ3v) is 4.06. The van der Waals surface area contributed by atoms with Gasteiger partial charge in [-0.25, -0.2) is 9.97 Å². The average Bonchev–Trinajstić information content (AvgIpc) is 2.57. The van der Waals surface area contributed by atoms with E-state index in [1.54, 1.807) is 36.6 Å². The number of nitrogens with zero attached hydrogens (tertiary/aromatic N) is 5. The highest BCUT2D eigenvalue weighted by atomic mass is 16.2. The Morgan fingerprint density at radius 3 is 2.76 bits per heavy atom. The first-order valence-electron chi connectivity index (χ1n) is 8.00. The third-order valence-electron chi connectivity index (χ3n) is 4.06. The Bertz CT molecular complexity index is 836. The van der Waals surface area contributed by atoms with Crippen LogP contribution in [0.2, 0.25) is 0 Å². The van der Waals surface area contributed by atoms with Crippen LogP contribution in [-0.2, 0) is 9.59 Å². The molecule has 8 nitrogen and oxygen atoms in total. The van der Waals surface area contributed by atoms with Crippen LogP contribution in [0.1, 0.15) is 20.8 Å². The van der Waals surface area contributed by atoms with E-state index in [9.17, 15) is 9.59 Å². The highest BCUT2D eigenvalue weighted by molar-refractivity contribution is 6.02. The molecule has 2 aromatic rings. The average molecular weight is 340 g/mol. The van der Waals surface area contributed by atoms with Crippen LogP contribution < -0.4 is 15.1 Å². The first kappa shape index (κ1) is 16.8. The molecule has 8 heteroatoms. The minimum atomic E-state index is -0.193. The molecule has 0 atom stereocenters. The molecule has 0 aromatic carbocycles. The Hall–Kier alpha value is -3.03. The lowest BCUT2D eigenvalue weighted by Gasteiger charge is -2.36. The number of anilines is 3. The van der Waals surface area contributed by atoms with Crippen LogP contribution in [0.3, 0.4) is 0 Å². The zero-order valence-corrected chi connectivity index (χ0v) is 14.6. The van der Waals surface area contributed by atoms with E-state index in [1.165, 1.54) is 6.92 Å². The number of rotatable bonds is 3. The maximum Gasteiger partial charge on any atom is 0.246 e. The molecule has 25 heavy (non-hydrogen) atoms. The standard InChI is InChI=1S/C17H20N6O2/c1-10(2)23-9-15(25)22(4)14-8-19-16(21-17(14)23)12-5-6-18-7-13(12)20-11(3)24/h5-8,10H,9H2,1-4H3,(H,20,24). The number of likely N-dealkylation sites (N-methyl/N-ethyl adjacent to an activating group) is 1. The molecule has 0 saturated heterocycles. The number of fused-ring (bicyclic) bond motifs is 1. The highest BCUT2D eigenvalue weighted by Gasteiger charge is 2.30. The number of carbonyl (C=O) groups is 2. The molecule has 0 saturated carbocycles. The van der Waals surface area contributed by atoms with Gasteiger partial charge in [0.25, 0.3) is 0 Å². The minimum absolute atomic E-state index is 0.000367. The molecular weight excluding hydrogens is 320 g/mol. The van der Waals surface area contributed by atoms with Crippen molar-refractivity contribution in [2.75, 3.05) is 28.7 Å². The molecule has 1 aliphatic rings. The van der Waals surface area contributed by atoms with Gasteiger partial charge in [-0.1, -0.05) is 0 Å². The van der Waals surface area contributed by atoms with E-state index >= 15 is 0 Å². The smallest absolute Gasteiger partial charge is 0.246 e. The minimum Gasteiger partial charge on any atom is -0.343 e. The van der Waals surface area contributed by atoms with Gasteiger partial charge in [-0.05, 0) is 19.9 Å². The van der Waals surface area contributed by atoms with Crippen LogP contribution in [0.5, 0.6) is 0 Å². The monoisotopic (exact) mass is 340 g/mol. The van der Waals surface area contributed by atoms with Gasteiger partial charge in [-0.15, -0.1) is 0 Å². The van der Waals surface area contributed by atoms with Crippen molar-refractivity contribution in [3.05, 3.63) is 24.7 Å². The van der Waals surface area contributed by atoms with E-state index in [4.69, 9.17) is 0 Å². The van der Waals surface area contributed by atoms with Crippen molar-refractivity contribution in [1.82, 2.24) is 15.0 Å². The maximum atomic E-state index is 12.2. The fourth-order valence-electron chi connectivity index (χ4n) is 2.71. The number of nitrogens with one attached hydrogen (secondary N) is 1. The zero-order valence-electron chi connectivity index (χ0n) is 14.6. The Labute approximate surface area is 145 Å². The molecule has 0 radical (unpaired) electrons. The molecule has 3 heterocycles. The lowest BCUT2D eigenvalue weighted by Crippen LogP contribution is -2.47. The van der Waals surface area contributed by atoms with Crippen LogP contribution >= 0.6 is 0 Å². The van der Waals surface area contributed by atoms with E-state index < -0.39 is 0 Å². The Morgan fingerprint density at radius 2 is 2.08 bits per heavy atom. The van der Waals surface area contributed by atoms with Crippen LogP contribution in [-0.4, -0.2) is 46.4 Å². The Balaban J connectivity index is 2.11. The van der Waals surface area contributed by atoms with Crippen LogP contribution in [0.4, 0.5) is 17.2 Å². The quantitative estimate of drug-likeness (QED) is 0.914. The summed E-state index contributed by atoms with van der Waals surface area (Å²) < 4.78 is 0. The molecule has 2 amide bonds. The fourth-order valence-corrected chi connectivity index (χ4v) is 2.71. The maximum absolute atomic E-state index is 12.2. The van der Waals surface area contributed by atoms with E-state index in [2.05, 4.69) is 20.3 Å². The van der Waals surface area contributed by atoms with Gasteiger partial charge in [-0.3, -0.25) is 14.6 Å². The molecular formula is C17H20N6O2. The summed E-state index contributed by atoms with van der Waals surface area (Å²) in [5.74, 6) is 0.979. The third kappa shape index (κ3) is 3.15. The van der Waals surface area contributed by atoms with Gasteiger partial charge in [0.1, 0.15) is 5.69 Å². The summed E-state index contributed by atoms with van der Waals surface area (Å²) in [6.45, 7) is 5.73. The largest absolute Gasteiger partial charge is 0.343 e. The van der Waals surface area contributed by atoms with E-state index in [0.29, 0.717) is 28.6 Å². The van der Waals surface area contributed by atoms with E-state index in [1.807, 2.05) is 18.7 Å². The first-order chi connectivity index (χ1) is 11.9. The van der Waals surface area contributed by atoms with E-state index in [-0.39, 0.29) is 24.4 Å². The van der Waals surface area contributed by atoms with Crippen molar-refractivity contribution in [2.45, 2.75) is 26.8 Å². The molecule has 0 aliphatic carbocycles. The molecule has 0 spiro atoms. The van der Waals surface area contributed by atoms with Crippen LogP contribution in [0, 0.1) is 0 Å². The number of carbonyl (C=O) groups excluding carboxylic acids is 2. The summed E-state index contributed by atoms with van der Waals surface area (Å²) in [6.07, 6.45) is 4.83. The summed E-state index contributed by atoms with van der Waals surface area (Å²) in [6, 6.07) is 1.87. The van der Waals surface area contributed by atoms with Gasteiger partial charge in [0, 0.05) is 31.8 Å². The number of hydrogen-bond donors (Lipinski definition) is 1.